The Hall–Kier alpha value is -7.04. The second-order valence-corrected chi connectivity index (χ2v) is 12.9. The molecule has 7 rings (SSSR count). The monoisotopic (exact) mass is 700 g/mol. The van der Waals surface area contributed by atoms with Crippen LogP contribution >= 0.6 is 0 Å². The van der Waals surface area contributed by atoms with E-state index in [1.54, 1.807) is 6.20 Å². The molecule has 0 aliphatic rings. The zero-order chi connectivity index (χ0) is 37.4. The van der Waals surface area contributed by atoms with Gasteiger partial charge in [-0.05, 0) is 121 Å². The summed E-state index contributed by atoms with van der Waals surface area (Å²) < 4.78 is 2.36. The van der Waals surface area contributed by atoms with Crippen LogP contribution in [0.25, 0.3) is 44.7 Å². The third-order valence-electron chi connectivity index (χ3n) is 9.63. The summed E-state index contributed by atoms with van der Waals surface area (Å²) in [6, 6.07) is 49.4. The summed E-state index contributed by atoms with van der Waals surface area (Å²) in [5, 5.41) is 5.93. The lowest BCUT2D eigenvalue weighted by Gasteiger charge is -2.26. The van der Waals surface area contributed by atoms with Crippen molar-refractivity contribution in [2.75, 3.05) is 10.2 Å². The zero-order valence-electron chi connectivity index (χ0n) is 30.8. The van der Waals surface area contributed by atoms with Gasteiger partial charge in [-0.25, -0.2) is 0 Å². The molecule has 264 valence electrons. The average molecular weight is 701 g/mol. The Morgan fingerprint density at radius 2 is 1.30 bits per heavy atom. The van der Waals surface area contributed by atoms with Crippen molar-refractivity contribution < 1.29 is 0 Å². The van der Waals surface area contributed by atoms with Gasteiger partial charge in [0.15, 0.2) is 0 Å². The second-order valence-electron chi connectivity index (χ2n) is 12.9. The summed E-state index contributed by atoms with van der Waals surface area (Å²) in [4.78, 5) is 2.32. The van der Waals surface area contributed by atoms with Crippen LogP contribution in [0.15, 0.2) is 195 Å². The first-order valence-corrected chi connectivity index (χ1v) is 18.2. The van der Waals surface area contributed by atoms with Crippen molar-refractivity contribution in [3.63, 3.8) is 0 Å². The van der Waals surface area contributed by atoms with Gasteiger partial charge in [-0.2, -0.15) is 0 Å². The normalized spacial score (nSPS) is 12.2. The van der Waals surface area contributed by atoms with Crippen LogP contribution < -0.4 is 16.0 Å². The highest BCUT2D eigenvalue weighted by Gasteiger charge is 2.20. The fraction of sp³-hybridized carbons (Fsp3) is 0.0400. The van der Waals surface area contributed by atoms with E-state index >= 15 is 0 Å². The van der Waals surface area contributed by atoms with E-state index in [0.29, 0.717) is 0 Å². The highest BCUT2D eigenvalue weighted by Crippen LogP contribution is 2.42. The molecule has 0 bridgehead atoms. The molecule has 7 aromatic rings. The van der Waals surface area contributed by atoms with Crippen LogP contribution in [0.2, 0.25) is 0 Å². The molecule has 3 N–H and O–H groups in total. The summed E-state index contributed by atoms with van der Waals surface area (Å²) in [5.41, 5.74) is 19.7. The molecule has 0 amide bonds. The highest BCUT2D eigenvalue weighted by atomic mass is 15.1. The Kier molecular flexibility index (Phi) is 10.5. The molecular formula is C50H44N4. The molecule has 0 saturated carbocycles. The topological polar surface area (TPSA) is 46.2 Å². The van der Waals surface area contributed by atoms with Crippen LogP contribution in [-0.2, 0) is 0 Å². The Morgan fingerprint density at radius 3 is 1.89 bits per heavy atom. The number of aromatic nitrogens is 1. The van der Waals surface area contributed by atoms with Crippen molar-refractivity contribution in [3.05, 3.63) is 212 Å². The summed E-state index contributed by atoms with van der Waals surface area (Å²) in [6.45, 7) is 12.3. The summed E-state index contributed by atoms with van der Waals surface area (Å²) in [7, 11) is 0. The van der Waals surface area contributed by atoms with Gasteiger partial charge in [-0.15, -0.1) is 0 Å². The molecule has 6 aromatic carbocycles. The van der Waals surface area contributed by atoms with Gasteiger partial charge in [-0.3, -0.25) is 0 Å². The van der Waals surface area contributed by atoms with E-state index in [0.717, 1.165) is 83.8 Å². The molecule has 0 aliphatic carbocycles. The number of nitrogens with one attached hydrogen (secondary N) is 1. The van der Waals surface area contributed by atoms with Gasteiger partial charge in [-0.1, -0.05) is 116 Å². The molecule has 1 aromatic heterocycles. The SMILES string of the molecule is C=C/C=C(\C=C/C)c1ccc(N(c2ccc(C(/C=C\N)=C/C)cc2)c2ccc3c(c2)c2ccc(Nc4ccccc4)c(C=C)c2n3-c2ccccc2)cc1. The number of hydrogen-bond acceptors (Lipinski definition) is 3. The second kappa shape index (κ2) is 16.1. The first-order chi connectivity index (χ1) is 26.6. The molecule has 0 aliphatic heterocycles. The molecular weight excluding hydrogens is 657 g/mol. The Bertz CT molecular complexity index is 2550. The number of allylic oxidation sites excluding steroid dienone is 8. The van der Waals surface area contributed by atoms with Gasteiger partial charge in [0.1, 0.15) is 0 Å². The van der Waals surface area contributed by atoms with E-state index in [9.17, 15) is 0 Å². The predicted octanol–water partition coefficient (Wildman–Crippen LogP) is 13.7. The number of nitrogens with zero attached hydrogens (tertiary/aromatic N) is 2. The number of para-hydroxylation sites is 2. The van der Waals surface area contributed by atoms with E-state index in [4.69, 9.17) is 5.73 Å². The first-order valence-electron chi connectivity index (χ1n) is 18.2. The largest absolute Gasteiger partial charge is 0.405 e. The Balaban J connectivity index is 1.44. The minimum atomic E-state index is 0.999. The number of fused-ring (bicyclic) bond motifs is 3. The van der Waals surface area contributed by atoms with Crippen molar-refractivity contribution in [1.29, 1.82) is 0 Å². The van der Waals surface area contributed by atoms with Crippen LogP contribution in [0.5, 0.6) is 0 Å². The lowest BCUT2D eigenvalue weighted by atomic mass is 10.0. The van der Waals surface area contributed by atoms with Crippen LogP contribution in [0.3, 0.4) is 0 Å². The van der Waals surface area contributed by atoms with Crippen molar-refractivity contribution in [3.8, 4) is 5.69 Å². The minimum absolute atomic E-state index is 0.999. The van der Waals surface area contributed by atoms with Crippen LogP contribution in [-0.4, -0.2) is 4.57 Å². The molecule has 0 spiro atoms. The fourth-order valence-electron chi connectivity index (χ4n) is 7.17. The molecule has 0 unspecified atom stereocenters. The van der Waals surface area contributed by atoms with Gasteiger partial charge >= 0.3 is 0 Å². The van der Waals surface area contributed by atoms with Crippen molar-refractivity contribution in [2.45, 2.75) is 13.8 Å². The minimum Gasteiger partial charge on any atom is -0.405 e. The summed E-state index contributed by atoms with van der Waals surface area (Å²) in [5.74, 6) is 0. The van der Waals surface area contributed by atoms with E-state index in [1.807, 2.05) is 56.4 Å². The number of rotatable bonds is 12. The summed E-state index contributed by atoms with van der Waals surface area (Å²) in [6.07, 6.45) is 15.6. The lowest BCUT2D eigenvalue weighted by Crippen LogP contribution is -2.10. The highest BCUT2D eigenvalue weighted by molar-refractivity contribution is 6.14. The van der Waals surface area contributed by atoms with Gasteiger partial charge < -0.3 is 20.5 Å². The van der Waals surface area contributed by atoms with Crippen LogP contribution in [0, 0.1) is 0 Å². The third kappa shape index (κ3) is 6.93. The average Bonchev–Trinajstić information content (AvgIpc) is 3.55. The molecule has 0 radical (unpaired) electrons. The quantitative estimate of drug-likeness (QED) is 0.125. The molecule has 4 nitrogen and oxygen atoms in total. The van der Waals surface area contributed by atoms with Crippen molar-refractivity contribution >= 4 is 67.5 Å². The van der Waals surface area contributed by atoms with Gasteiger partial charge in [0.05, 0.1) is 11.0 Å². The van der Waals surface area contributed by atoms with Gasteiger partial charge in [0.25, 0.3) is 0 Å². The van der Waals surface area contributed by atoms with E-state index in [-0.39, 0.29) is 0 Å². The standard InChI is InChI=1S/C50H44N4/c1-5-15-37(16-6-2)39-23-27-43(28-24-39)53(42-25-21-38(22-26-42)36(7-3)33-34-51)44-29-32-49-47(35-44)46-30-31-48(52-40-17-11-9-12-18-40)45(8-4)50(46)54(49)41-19-13-10-14-20-41/h5-35,52H,1,4,51H2,2-3H3/b16-6-,34-33-,36-7+,37-15+. The van der Waals surface area contributed by atoms with E-state index in [1.165, 1.54) is 0 Å². The Labute approximate surface area is 318 Å². The van der Waals surface area contributed by atoms with Gasteiger partial charge in [0, 0.05) is 50.5 Å². The maximum Gasteiger partial charge on any atom is 0.0634 e. The number of benzene rings is 6. The van der Waals surface area contributed by atoms with Crippen molar-refractivity contribution in [1.82, 2.24) is 4.57 Å². The van der Waals surface area contributed by atoms with Crippen LogP contribution in [0.4, 0.5) is 28.4 Å². The van der Waals surface area contributed by atoms with Gasteiger partial charge in [0.2, 0.25) is 0 Å². The van der Waals surface area contributed by atoms with E-state index < -0.39 is 0 Å². The first kappa shape index (κ1) is 35.4. The molecule has 0 fully saturated rings. The third-order valence-corrected chi connectivity index (χ3v) is 9.63. The smallest absolute Gasteiger partial charge is 0.0634 e. The van der Waals surface area contributed by atoms with E-state index in [2.05, 4.69) is 167 Å². The predicted molar refractivity (Wildman–Crippen MR) is 235 cm³/mol. The van der Waals surface area contributed by atoms with Crippen molar-refractivity contribution in [2.24, 2.45) is 5.73 Å². The molecule has 4 heteroatoms. The summed E-state index contributed by atoms with van der Waals surface area (Å²) >= 11 is 0. The zero-order valence-corrected chi connectivity index (χ0v) is 30.8. The molecule has 54 heavy (non-hydrogen) atoms. The lowest BCUT2D eigenvalue weighted by molar-refractivity contribution is 1.18. The fourth-order valence-corrected chi connectivity index (χ4v) is 7.17. The number of nitrogens with two attached hydrogens (primary N) is 1. The number of anilines is 5. The molecule has 0 saturated heterocycles. The van der Waals surface area contributed by atoms with Crippen LogP contribution in [0.1, 0.15) is 30.5 Å². The molecule has 0 atom stereocenters. The maximum absolute atomic E-state index is 5.77. The number of hydrogen-bond donors (Lipinski definition) is 2. The maximum atomic E-state index is 5.77. The Morgan fingerprint density at radius 1 is 0.667 bits per heavy atom. The molecule has 1 heterocycles.